The average molecular weight is 217 g/mol. The maximum atomic E-state index is 12.3. The largest absolute Gasteiger partial charge is 0.333 e. The van der Waals surface area contributed by atoms with Gasteiger partial charge in [0.25, 0.3) is 5.91 Å². The molecule has 0 aromatic heterocycles. The summed E-state index contributed by atoms with van der Waals surface area (Å²) < 4.78 is 0. The standard InChI is InChI=1S/C14H19NO/c1-10(2)15(13-7-8-13)14(16)12-6-4-5-11(3)9-12/h4-6,9-10,13H,7-8H2,1-3H3. The molecule has 1 aromatic carbocycles. The van der Waals surface area contributed by atoms with Crippen LogP contribution in [0.15, 0.2) is 24.3 Å². The fourth-order valence-corrected chi connectivity index (χ4v) is 2.10. The zero-order valence-corrected chi connectivity index (χ0v) is 10.2. The first kappa shape index (κ1) is 11.2. The topological polar surface area (TPSA) is 20.3 Å². The van der Waals surface area contributed by atoms with Gasteiger partial charge in [0.1, 0.15) is 0 Å². The van der Waals surface area contributed by atoms with Crippen molar-refractivity contribution in [2.75, 3.05) is 0 Å². The fourth-order valence-electron chi connectivity index (χ4n) is 2.10. The predicted molar refractivity (Wildman–Crippen MR) is 65.5 cm³/mol. The van der Waals surface area contributed by atoms with Crippen LogP contribution in [0.1, 0.15) is 42.6 Å². The number of carbonyl (C=O) groups is 1. The minimum Gasteiger partial charge on any atom is -0.333 e. The van der Waals surface area contributed by atoms with E-state index in [-0.39, 0.29) is 5.91 Å². The number of aryl methyl sites for hydroxylation is 1. The van der Waals surface area contributed by atoms with E-state index in [0.717, 1.165) is 24.0 Å². The van der Waals surface area contributed by atoms with E-state index in [2.05, 4.69) is 13.8 Å². The maximum Gasteiger partial charge on any atom is 0.254 e. The highest BCUT2D eigenvalue weighted by Crippen LogP contribution is 2.30. The molecular formula is C14H19NO. The van der Waals surface area contributed by atoms with Crippen molar-refractivity contribution in [3.8, 4) is 0 Å². The molecule has 0 radical (unpaired) electrons. The number of rotatable bonds is 3. The van der Waals surface area contributed by atoms with Gasteiger partial charge in [-0.1, -0.05) is 17.7 Å². The van der Waals surface area contributed by atoms with Crippen molar-refractivity contribution in [3.05, 3.63) is 35.4 Å². The predicted octanol–water partition coefficient (Wildman–Crippen LogP) is 3.01. The summed E-state index contributed by atoms with van der Waals surface area (Å²) in [6, 6.07) is 8.63. The molecule has 1 aliphatic rings. The molecule has 0 unspecified atom stereocenters. The molecule has 2 nitrogen and oxygen atoms in total. The SMILES string of the molecule is Cc1cccc(C(=O)N(C(C)C)C2CC2)c1. The van der Waals surface area contributed by atoms with Crippen LogP contribution in [0.2, 0.25) is 0 Å². The van der Waals surface area contributed by atoms with Gasteiger partial charge in [0.15, 0.2) is 0 Å². The maximum absolute atomic E-state index is 12.3. The second-order valence-corrected chi connectivity index (χ2v) is 4.91. The van der Waals surface area contributed by atoms with E-state index in [1.807, 2.05) is 36.1 Å². The van der Waals surface area contributed by atoms with Gasteiger partial charge in [-0.25, -0.2) is 0 Å². The molecule has 0 saturated heterocycles. The summed E-state index contributed by atoms with van der Waals surface area (Å²) in [7, 11) is 0. The molecule has 1 aliphatic carbocycles. The lowest BCUT2D eigenvalue weighted by Gasteiger charge is -2.26. The molecule has 1 amide bonds. The summed E-state index contributed by atoms with van der Waals surface area (Å²) in [5.74, 6) is 0.182. The molecule has 2 heteroatoms. The molecule has 1 saturated carbocycles. The van der Waals surface area contributed by atoms with Crippen LogP contribution in [-0.2, 0) is 0 Å². The Hall–Kier alpha value is -1.31. The van der Waals surface area contributed by atoms with Crippen molar-refractivity contribution < 1.29 is 4.79 Å². The molecule has 2 rings (SSSR count). The Bertz CT molecular complexity index is 391. The molecule has 0 N–H and O–H groups in total. The number of hydrogen-bond donors (Lipinski definition) is 0. The van der Waals surface area contributed by atoms with Crippen LogP contribution in [0.5, 0.6) is 0 Å². The molecule has 0 atom stereocenters. The summed E-state index contributed by atoms with van der Waals surface area (Å²) in [5, 5.41) is 0. The van der Waals surface area contributed by atoms with E-state index in [1.54, 1.807) is 0 Å². The average Bonchev–Trinajstić information content (AvgIpc) is 3.01. The quantitative estimate of drug-likeness (QED) is 0.762. The second kappa shape index (κ2) is 4.28. The molecule has 1 fully saturated rings. The number of carbonyl (C=O) groups excluding carboxylic acids is 1. The Labute approximate surface area is 97.3 Å². The lowest BCUT2D eigenvalue weighted by Crippen LogP contribution is -2.38. The van der Waals surface area contributed by atoms with Crippen molar-refractivity contribution in [2.24, 2.45) is 0 Å². The van der Waals surface area contributed by atoms with Crippen LogP contribution in [-0.4, -0.2) is 22.9 Å². The minimum absolute atomic E-state index is 0.182. The summed E-state index contributed by atoms with van der Waals surface area (Å²) in [6.07, 6.45) is 2.32. The summed E-state index contributed by atoms with van der Waals surface area (Å²) in [4.78, 5) is 14.4. The first-order chi connectivity index (χ1) is 7.59. The third kappa shape index (κ3) is 2.26. The molecule has 1 aromatic rings. The van der Waals surface area contributed by atoms with Crippen molar-refractivity contribution >= 4 is 5.91 Å². The van der Waals surface area contributed by atoms with Gasteiger partial charge in [-0.2, -0.15) is 0 Å². The Kier molecular flexibility index (Phi) is 2.99. The highest BCUT2D eigenvalue weighted by Gasteiger charge is 2.34. The molecular weight excluding hydrogens is 198 g/mol. The summed E-state index contributed by atoms with van der Waals surface area (Å²) in [5.41, 5.74) is 1.96. The Morgan fingerprint density at radius 1 is 1.38 bits per heavy atom. The van der Waals surface area contributed by atoms with E-state index in [4.69, 9.17) is 0 Å². The van der Waals surface area contributed by atoms with Crippen LogP contribution >= 0.6 is 0 Å². The van der Waals surface area contributed by atoms with Crippen molar-refractivity contribution in [2.45, 2.75) is 45.7 Å². The monoisotopic (exact) mass is 217 g/mol. The van der Waals surface area contributed by atoms with E-state index < -0.39 is 0 Å². The fraction of sp³-hybridized carbons (Fsp3) is 0.500. The van der Waals surface area contributed by atoms with Crippen molar-refractivity contribution in [1.82, 2.24) is 4.90 Å². The summed E-state index contributed by atoms with van der Waals surface area (Å²) in [6.45, 7) is 6.20. The van der Waals surface area contributed by atoms with Gasteiger partial charge >= 0.3 is 0 Å². The van der Waals surface area contributed by atoms with Gasteiger partial charge in [0.2, 0.25) is 0 Å². The second-order valence-electron chi connectivity index (χ2n) is 4.91. The molecule has 16 heavy (non-hydrogen) atoms. The van der Waals surface area contributed by atoms with Gasteiger partial charge in [-0.15, -0.1) is 0 Å². The number of benzene rings is 1. The Morgan fingerprint density at radius 2 is 2.06 bits per heavy atom. The number of amides is 1. The smallest absolute Gasteiger partial charge is 0.254 e. The van der Waals surface area contributed by atoms with E-state index in [1.165, 1.54) is 0 Å². The number of nitrogens with zero attached hydrogens (tertiary/aromatic N) is 1. The number of hydrogen-bond acceptors (Lipinski definition) is 1. The molecule has 86 valence electrons. The minimum atomic E-state index is 0.182. The molecule has 0 heterocycles. The first-order valence-electron chi connectivity index (χ1n) is 5.99. The lowest BCUT2D eigenvalue weighted by atomic mass is 10.1. The lowest BCUT2D eigenvalue weighted by molar-refractivity contribution is 0.0690. The van der Waals surface area contributed by atoms with Crippen LogP contribution < -0.4 is 0 Å². The van der Waals surface area contributed by atoms with E-state index in [9.17, 15) is 4.79 Å². The zero-order chi connectivity index (χ0) is 11.7. The van der Waals surface area contributed by atoms with Crippen LogP contribution in [0.3, 0.4) is 0 Å². The van der Waals surface area contributed by atoms with Crippen LogP contribution in [0.25, 0.3) is 0 Å². The van der Waals surface area contributed by atoms with Crippen molar-refractivity contribution in [1.29, 1.82) is 0 Å². The van der Waals surface area contributed by atoms with Crippen molar-refractivity contribution in [3.63, 3.8) is 0 Å². The zero-order valence-electron chi connectivity index (χ0n) is 10.2. The molecule has 0 aliphatic heterocycles. The third-order valence-corrected chi connectivity index (χ3v) is 3.00. The Balaban J connectivity index is 2.22. The van der Waals surface area contributed by atoms with Gasteiger partial charge in [-0.3, -0.25) is 4.79 Å². The van der Waals surface area contributed by atoms with E-state index >= 15 is 0 Å². The highest BCUT2D eigenvalue weighted by molar-refractivity contribution is 5.95. The molecule has 0 spiro atoms. The van der Waals surface area contributed by atoms with Crippen LogP contribution in [0, 0.1) is 6.92 Å². The van der Waals surface area contributed by atoms with Gasteiger partial charge in [0, 0.05) is 17.6 Å². The first-order valence-corrected chi connectivity index (χ1v) is 5.99. The molecule has 0 bridgehead atoms. The normalized spacial score (nSPS) is 15.2. The summed E-state index contributed by atoms with van der Waals surface area (Å²) >= 11 is 0. The highest BCUT2D eigenvalue weighted by atomic mass is 16.2. The van der Waals surface area contributed by atoms with Gasteiger partial charge in [0.05, 0.1) is 0 Å². The third-order valence-electron chi connectivity index (χ3n) is 3.00. The van der Waals surface area contributed by atoms with Gasteiger partial charge in [-0.05, 0) is 45.7 Å². The van der Waals surface area contributed by atoms with Crippen LogP contribution in [0.4, 0.5) is 0 Å². The Morgan fingerprint density at radius 3 is 2.56 bits per heavy atom. The van der Waals surface area contributed by atoms with E-state index in [0.29, 0.717) is 12.1 Å². The van der Waals surface area contributed by atoms with Gasteiger partial charge < -0.3 is 4.90 Å².